The van der Waals surface area contributed by atoms with Crippen LogP contribution < -0.4 is 4.74 Å². The maximum absolute atomic E-state index is 12.2. The number of hydrogen-bond acceptors (Lipinski definition) is 4. The smallest absolute Gasteiger partial charge is 0.338 e. The molecular formula is C19H18O4. The summed E-state index contributed by atoms with van der Waals surface area (Å²) in [6.45, 7) is 0. The quantitative estimate of drug-likeness (QED) is 0.796. The maximum atomic E-state index is 12.2. The molecule has 0 aromatic heterocycles. The molecule has 2 aromatic rings. The van der Waals surface area contributed by atoms with Gasteiger partial charge in [0.25, 0.3) is 0 Å². The number of rotatable bonds is 4. The minimum atomic E-state index is -0.602. The van der Waals surface area contributed by atoms with Crippen LogP contribution in [0.15, 0.2) is 54.6 Å². The second-order valence-corrected chi connectivity index (χ2v) is 5.55. The molecule has 0 unspecified atom stereocenters. The van der Waals surface area contributed by atoms with Crippen molar-refractivity contribution in [3.63, 3.8) is 0 Å². The summed E-state index contributed by atoms with van der Waals surface area (Å²) < 4.78 is 11.1. The second-order valence-electron chi connectivity index (χ2n) is 5.55. The molecule has 0 bridgehead atoms. The molecule has 0 N–H and O–H groups in total. The van der Waals surface area contributed by atoms with Gasteiger partial charge in [-0.25, -0.2) is 4.79 Å². The predicted octanol–water partition coefficient (Wildman–Crippen LogP) is 4.15. The topological polar surface area (TPSA) is 52.6 Å². The van der Waals surface area contributed by atoms with Gasteiger partial charge in [-0.1, -0.05) is 24.3 Å². The first-order valence-corrected chi connectivity index (χ1v) is 7.79. The molecule has 0 aliphatic heterocycles. The van der Waals surface area contributed by atoms with Crippen LogP contribution in [-0.4, -0.2) is 17.9 Å². The monoisotopic (exact) mass is 310 g/mol. The van der Waals surface area contributed by atoms with Gasteiger partial charge in [0.1, 0.15) is 11.5 Å². The van der Waals surface area contributed by atoms with Crippen LogP contribution in [0.25, 0.3) is 0 Å². The second kappa shape index (κ2) is 7.09. The number of ketones is 1. The molecule has 1 aliphatic rings. The van der Waals surface area contributed by atoms with Gasteiger partial charge < -0.3 is 9.47 Å². The molecule has 3 rings (SSSR count). The molecule has 1 atom stereocenters. The Labute approximate surface area is 135 Å². The van der Waals surface area contributed by atoms with E-state index in [0.29, 0.717) is 29.9 Å². The first-order valence-electron chi connectivity index (χ1n) is 7.79. The van der Waals surface area contributed by atoms with Gasteiger partial charge in [0.05, 0.1) is 5.56 Å². The molecule has 0 amide bonds. The molecule has 2 aromatic carbocycles. The number of carbonyl (C=O) groups is 2. The van der Waals surface area contributed by atoms with Crippen LogP contribution in [0.5, 0.6) is 11.5 Å². The van der Waals surface area contributed by atoms with Crippen LogP contribution in [0.3, 0.4) is 0 Å². The van der Waals surface area contributed by atoms with E-state index in [4.69, 9.17) is 9.47 Å². The van der Waals surface area contributed by atoms with Crippen molar-refractivity contribution < 1.29 is 19.1 Å². The summed E-state index contributed by atoms with van der Waals surface area (Å²) >= 11 is 0. The fraction of sp³-hybridized carbons (Fsp3) is 0.263. The normalized spacial score (nSPS) is 17.6. The standard InChI is InChI=1S/C19H18O4/c20-17-11-4-5-12-18(17)23-19(21)14-7-6-10-16(13-14)22-15-8-2-1-3-9-15/h1-3,6-10,13,18H,4-5,11-12H2/t18-/m0/s1. The van der Waals surface area contributed by atoms with Gasteiger partial charge >= 0.3 is 5.97 Å². The van der Waals surface area contributed by atoms with Crippen LogP contribution in [0.2, 0.25) is 0 Å². The van der Waals surface area contributed by atoms with E-state index >= 15 is 0 Å². The summed E-state index contributed by atoms with van der Waals surface area (Å²) in [4.78, 5) is 24.0. The van der Waals surface area contributed by atoms with Crippen molar-refractivity contribution in [3.8, 4) is 11.5 Å². The SMILES string of the molecule is O=C(O[C@H]1CCCCC1=O)c1cccc(Oc2ccccc2)c1. The van der Waals surface area contributed by atoms with Gasteiger partial charge in [0, 0.05) is 6.42 Å². The van der Waals surface area contributed by atoms with Crippen molar-refractivity contribution in [2.75, 3.05) is 0 Å². The molecule has 1 fully saturated rings. The Bertz CT molecular complexity index is 694. The molecule has 1 saturated carbocycles. The van der Waals surface area contributed by atoms with E-state index in [9.17, 15) is 9.59 Å². The minimum absolute atomic E-state index is 0.0151. The van der Waals surface area contributed by atoms with Gasteiger partial charge in [-0.15, -0.1) is 0 Å². The molecular weight excluding hydrogens is 292 g/mol. The third-order valence-electron chi connectivity index (χ3n) is 3.80. The number of Topliss-reactive ketones (excluding diaryl/α,β-unsaturated/α-hetero) is 1. The average Bonchev–Trinajstić information content (AvgIpc) is 2.58. The van der Waals surface area contributed by atoms with Gasteiger partial charge in [-0.3, -0.25) is 4.79 Å². The maximum Gasteiger partial charge on any atom is 0.338 e. The zero-order valence-corrected chi connectivity index (χ0v) is 12.7. The first-order chi connectivity index (χ1) is 11.2. The highest BCUT2D eigenvalue weighted by Crippen LogP contribution is 2.23. The molecule has 4 heteroatoms. The van der Waals surface area contributed by atoms with Gasteiger partial charge in [-0.2, -0.15) is 0 Å². The van der Waals surface area contributed by atoms with E-state index in [-0.39, 0.29) is 5.78 Å². The third kappa shape index (κ3) is 3.97. The van der Waals surface area contributed by atoms with E-state index in [1.165, 1.54) is 0 Å². The van der Waals surface area contributed by atoms with Crippen LogP contribution in [0, 0.1) is 0 Å². The highest BCUT2D eigenvalue weighted by atomic mass is 16.5. The molecule has 0 saturated heterocycles. The van der Waals surface area contributed by atoms with E-state index in [2.05, 4.69) is 0 Å². The van der Waals surface area contributed by atoms with Crippen molar-refractivity contribution in [1.82, 2.24) is 0 Å². The van der Waals surface area contributed by atoms with Gasteiger partial charge in [0.2, 0.25) is 0 Å². The third-order valence-corrected chi connectivity index (χ3v) is 3.80. The fourth-order valence-corrected chi connectivity index (χ4v) is 2.58. The molecule has 0 heterocycles. The van der Waals surface area contributed by atoms with Crippen molar-refractivity contribution in [2.24, 2.45) is 0 Å². The lowest BCUT2D eigenvalue weighted by atomic mass is 9.96. The summed E-state index contributed by atoms with van der Waals surface area (Å²) in [5.41, 5.74) is 0.386. The Hall–Kier alpha value is -2.62. The summed E-state index contributed by atoms with van der Waals surface area (Å²) in [7, 11) is 0. The predicted molar refractivity (Wildman–Crippen MR) is 85.6 cm³/mol. The molecule has 1 aliphatic carbocycles. The zero-order chi connectivity index (χ0) is 16.1. The molecule has 118 valence electrons. The number of carbonyl (C=O) groups excluding carboxylic acids is 2. The summed E-state index contributed by atoms with van der Waals surface area (Å²) in [5.74, 6) is 0.783. The summed E-state index contributed by atoms with van der Waals surface area (Å²) in [6.07, 6.45) is 2.31. The summed E-state index contributed by atoms with van der Waals surface area (Å²) in [6, 6.07) is 16.1. The van der Waals surface area contributed by atoms with Crippen molar-refractivity contribution in [3.05, 3.63) is 60.2 Å². The van der Waals surface area contributed by atoms with Crippen LogP contribution >= 0.6 is 0 Å². The Morgan fingerprint density at radius 2 is 1.74 bits per heavy atom. The van der Waals surface area contributed by atoms with Crippen LogP contribution in [0.4, 0.5) is 0 Å². The number of ether oxygens (including phenoxy) is 2. The van der Waals surface area contributed by atoms with Gasteiger partial charge in [-0.05, 0) is 49.6 Å². The van der Waals surface area contributed by atoms with Crippen molar-refractivity contribution >= 4 is 11.8 Å². The fourth-order valence-electron chi connectivity index (χ4n) is 2.58. The zero-order valence-electron chi connectivity index (χ0n) is 12.7. The van der Waals surface area contributed by atoms with Crippen LogP contribution in [0.1, 0.15) is 36.0 Å². The molecule has 0 radical (unpaired) electrons. The lowest BCUT2D eigenvalue weighted by molar-refractivity contribution is -0.129. The number of hydrogen-bond donors (Lipinski definition) is 0. The van der Waals surface area contributed by atoms with Gasteiger partial charge in [0.15, 0.2) is 11.9 Å². The van der Waals surface area contributed by atoms with Crippen molar-refractivity contribution in [1.29, 1.82) is 0 Å². The molecule has 23 heavy (non-hydrogen) atoms. The number of para-hydroxylation sites is 1. The van der Waals surface area contributed by atoms with E-state index in [1.807, 2.05) is 30.3 Å². The molecule has 4 nitrogen and oxygen atoms in total. The lowest BCUT2D eigenvalue weighted by Crippen LogP contribution is -2.30. The Morgan fingerprint density at radius 1 is 0.957 bits per heavy atom. The Balaban J connectivity index is 1.69. The minimum Gasteiger partial charge on any atom is -0.457 e. The molecule has 0 spiro atoms. The highest BCUT2D eigenvalue weighted by Gasteiger charge is 2.26. The van der Waals surface area contributed by atoms with Crippen molar-refractivity contribution in [2.45, 2.75) is 31.8 Å². The first kappa shape index (κ1) is 15.3. The number of esters is 1. The van der Waals surface area contributed by atoms with E-state index in [0.717, 1.165) is 12.8 Å². The Morgan fingerprint density at radius 3 is 2.52 bits per heavy atom. The number of benzene rings is 2. The average molecular weight is 310 g/mol. The largest absolute Gasteiger partial charge is 0.457 e. The van der Waals surface area contributed by atoms with E-state index in [1.54, 1.807) is 24.3 Å². The van der Waals surface area contributed by atoms with Crippen LogP contribution in [-0.2, 0) is 9.53 Å². The highest BCUT2D eigenvalue weighted by molar-refractivity contribution is 5.93. The van der Waals surface area contributed by atoms with E-state index < -0.39 is 12.1 Å². The lowest BCUT2D eigenvalue weighted by Gasteiger charge is -2.20. The Kier molecular flexibility index (Phi) is 4.71. The summed E-state index contributed by atoms with van der Waals surface area (Å²) in [5, 5.41) is 0.